The second-order valence-electron chi connectivity index (χ2n) is 3.96. The Kier molecular flexibility index (Phi) is 4.89. The van der Waals surface area contributed by atoms with Crippen LogP contribution in [0.3, 0.4) is 0 Å². The average molecular weight is 250 g/mol. The Morgan fingerprint density at radius 3 is 1.56 bits per heavy atom. The van der Waals surface area contributed by atoms with Crippen LogP contribution in [0, 0.1) is 0 Å². The van der Waals surface area contributed by atoms with Crippen LogP contribution in [0.15, 0.2) is 35.5 Å². The van der Waals surface area contributed by atoms with Crippen LogP contribution in [0.1, 0.15) is 26.7 Å². The Bertz CT molecular complexity index is 389. The third kappa shape index (κ3) is 3.09. The fourth-order valence-electron chi connectivity index (χ4n) is 1.72. The maximum absolute atomic E-state index is 11.8. The first-order valence-corrected chi connectivity index (χ1v) is 5.93. The lowest BCUT2D eigenvalue weighted by Gasteiger charge is -2.21. The summed E-state index contributed by atoms with van der Waals surface area (Å²) in [5, 5.41) is 0. The highest BCUT2D eigenvalue weighted by Gasteiger charge is 2.28. The van der Waals surface area contributed by atoms with Crippen LogP contribution in [0.2, 0.25) is 0 Å². The summed E-state index contributed by atoms with van der Waals surface area (Å²) in [6.07, 6.45) is 0.595. The van der Waals surface area contributed by atoms with E-state index in [2.05, 4.69) is 13.2 Å². The van der Waals surface area contributed by atoms with Gasteiger partial charge in [-0.25, -0.2) is 9.59 Å². The van der Waals surface area contributed by atoms with Gasteiger partial charge in [-0.1, -0.05) is 13.2 Å². The minimum atomic E-state index is -0.478. The van der Waals surface area contributed by atoms with Crippen LogP contribution in [0.5, 0.6) is 0 Å². The van der Waals surface area contributed by atoms with E-state index in [1.165, 1.54) is 0 Å². The molecule has 4 heteroatoms. The molecule has 1 aliphatic rings. The summed E-state index contributed by atoms with van der Waals surface area (Å²) in [4.78, 5) is 23.6. The lowest BCUT2D eigenvalue weighted by Crippen LogP contribution is -2.21. The van der Waals surface area contributed by atoms with Crippen molar-refractivity contribution < 1.29 is 19.1 Å². The summed E-state index contributed by atoms with van der Waals surface area (Å²) in [6, 6.07) is 0. The summed E-state index contributed by atoms with van der Waals surface area (Å²) < 4.78 is 9.90. The van der Waals surface area contributed by atoms with Gasteiger partial charge >= 0.3 is 11.9 Å². The molecule has 1 aliphatic carbocycles. The van der Waals surface area contributed by atoms with E-state index in [1.807, 2.05) is 0 Å². The molecule has 0 atom stereocenters. The maximum atomic E-state index is 11.8. The Labute approximate surface area is 107 Å². The molecule has 0 aliphatic heterocycles. The van der Waals surface area contributed by atoms with Crippen LogP contribution in [0.4, 0.5) is 0 Å². The number of allylic oxidation sites excluding steroid dienone is 2. The molecule has 98 valence electrons. The van der Waals surface area contributed by atoms with Crippen LogP contribution < -0.4 is 0 Å². The van der Waals surface area contributed by atoms with E-state index in [0.717, 1.165) is 11.1 Å². The molecule has 0 bridgehead atoms. The van der Waals surface area contributed by atoms with Crippen molar-refractivity contribution in [2.24, 2.45) is 0 Å². The molecule has 0 saturated heterocycles. The summed E-state index contributed by atoms with van der Waals surface area (Å²) in [7, 11) is 0. The lowest BCUT2D eigenvalue weighted by molar-refractivity contribution is -0.142. The third-order valence-electron chi connectivity index (χ3n) is 2.69. The fourth-order valence-corrected chi connectivity index (χ4v) is 1.72. The lowest BCUT2D eigenvalue weighted by atomic mass is 9.85. The number of carbonyl (C=O) groups is 2. The zero-order chi connectivity index (χ0) is 13.7. The minimum Gasteiger partial charge on any atom is -0.463 e. The van der Waals surface area contributed by atoms with Crippen molar-refractivity contribution in [1.29, 1.82) is 0 Å². The minimum absolute atomic E-state index is 0.270. The molecule has 18 heavy (non-hydrogen) atoms. The van der Waals surface area contributed by atoms with Crippen molar-refractivity contribution in [3.63, 3.8) is 0 Å². The van der Waals surface area contributed by atoms with Crippen molar-refractivity contribution in [3.8, 4) is 0 Å². The van der Waals surface area contributed by atoms with Gasteiger partial charge in [0.1, 0.15) is 0 Å². The van der Waals surface area contributed by atoms with Crippen molar-refractivity contribution in [1.82, 2.24) is 0 Å². The van der Waals surface area contributed by atoms with E-state index in [4.69, 9.17) is 9.47 Å². The monoisotopic (exact) mass is 250 g/mol. The van der Waals surface area contributed by atoms with Crippen molar-refractivity contribution in [3.05, 3.63) is 35.5 Å². The smallest absolute Gasteiger partial charge is 0.334 e. The average Bonchev–Trinajstić information content (AvgIpc) is 2.32. The van der Waals surface area contributed by atoms with Gasteiger partial charge in [0.2, 0.25) is 0 Å². The molecule has 0 aromatic carbocycles. The fraction of sp³-hybridized carbons (Fsp3) is 0.429. The predicted molar refractivity (Wildman–Crippen MR) is 67.8 cm³/mol. The van der Waals surface area contributed by atoms with E-state index >= 15 is 0 Å². The van der Waals surface area contributed by atoms with Crippen molar-refractivity contribution in [2.45, 2.75) is 26.7 Å². The van der Waals surface area contributed by atoms with Crippen LogP contribution >= 0.6 is 0 Å². The molecule has 0 radical (unpaired) electrons. The number of hydrogen-bond acceptors (Lipinski definition) is 4. The molecule has 0 unspecified atom stereocenters. The van der Waals surface area contributed by atoms with E-state index in [-0.39, 0.29) is 13.2 Å². The molecule has 0 N–H and O–H groups in total. The molecular formula is C14H18O4. The zero-order valence-corrected chi connectivity index (χ0v) is 10.9. The highest BCUT2D eigenvalue weighted by Crippen LogP contribution is 2.32. The maximum Gasteiger partial charge on any atom is 0.334 e. The topological polar surface area (TPSA) is 52.6 Å². The van der Waals surface area contributed by atoms with Crippen LogP contribution in [-0.4, -0.2) is 25.2 Å². The van der Waals surface area contributed by atoms with E-state index in [9.17, 15) is 9.59 Å². The summed E-state index contributed by atoms with van der Waals surface area (Å²) in [5.74, 6) is -0.955. The molecule has 0 fully saturated rings. The molecule has 0 spiro atoms. The number of carbonyl (C=O) groups excluding carboxylic acids is 2. The third-order valence-corrected chi connectivity index (χ3v) is 2.69. The SMILES string of the molecule is C=C1CC(C(=O)OCC)=C(C(=O)OCC)CC1=C. The highest BCUT2D eigenvalue weighted by molar-refractivity contribution is 6.02. The molecule has 0 saturated carbocycles. The molecule has 0 aromatic heterocycles. The highest BCUT2D eigenvalue weighted by atomic mass is 16.5. The zero-order valence-electron chi connectivity index (χ0n) is 10.9. The van der Waals surface area contributed by atoms with Crippen molar-refractivity contribution in [2.75, 3.05) is 13.2 Å². The Morgan fingerprint density at radius 1 is 0.944 bits per heavy atom. The van der Waals surface area contributed by atoms with Crippen molar-refractivity contribution >= 4 is 11.9 Å². The van der Waals surface area contributed by atoms with Crippen LogP contribution in [0.25, 0.3) is 0 Å². The molecule has 0 aromatic rings. The van der Waals surface area contributed by atoms with E-state index in [0.29, 0.717) is 24.0 Å². The van der Waals surface area contributed by atoms with Gasteiger partial charge in [-0.3, -0.25) is 0 Å². The normalized spacial score (nSPS) is 15.7. The first kappa shape index (κ1) is 14.2. The van der Waals surface area contributed by atoms with Gasteiger partial charge < -0.3 is 9.47 Å². The molecule has 1 rings (SSSR count). The first-order chi connectivity index (χ1) is 8.51. The Morgan fingerprint density at radius 2 is 1.28 bits per heavy atom. The molecule has 0 amide bonds. The Hall–Kier alpha value is -1.84. The summed E-state index contributed by atoms with van der Waals surface area (Å²) in [5.41, 5.74) is 2.19. The van der Waals surface area contributed by atoms with Gasteiger partial charge in [-0.15, -0.1) is 0 Å². The summed E-state index contributed by atoms with van der Waals surface area (Å²) in [6.45, 7) is 11.7. The number of rotatable bonds is 4. The molecule has 0 heterocycles. The van der Waals surface area contributed by atoms with Gasteiger partial charge in [0.05, 0.1) is 24.4 Å². The van der Waals surface area contributed by atoms with Gasteiger partial charge in [0.25, 0.3) is 0 Å². The Balaban J connectivity index is 3.09. The van der Waals surface area contributed by atoms with Crippen LogP contribution in [-0.2, 0) is 19.1 Å². The van der Waals surface area contributed by atoms with E-state index < -0.39 is 11.9 Å². The first-order valence-electron chi connectivity index (χ1n) is 5.93. The van der Waals surface area contributed by atoms with Gasteiger partial charge in [-0.2, -0.15) is 0 Å². The number of ether oxygens (including phenoxy) is 2. The summed E-state index contributed by atoms with van der Waals surface area (Å²) >= 11 is 0. The second-order valence-corrected chi connectivity index (χ2v) is 3.96. The van der Waals surface area contributed by atoms with E-state index in [1.54, 1.807) is 13.8 Å². The standard InChI is InChI=1S/C14H18O4/c1-5-17-13(15)11-7-9(3)10(4)8-12(11)14(16)18-6-2/h3-8H2,1-2H3. The number of hydrogen-bond donors (Lipinski definition) is 0. The largest absolute Gasteiger partial charge is 0.463 e. The predicted octanol–water partition coefficient (Wildman–Crippen LogP) is 2.32. The second kappa shape index (κ2) is 6.19. The number of esters is 2. The molecular weight excluding hydrogens is 232 g/mol. The van der Waals surface area contributed by atoms with Gasteiger partial charge in [0, 0.05) is 12.8 Å². The quantitative estimate of drug-likeness (QED) is 0.718. The van der Waals surface area contributed by atoms with Gasteiger partial charge in [-0.05, 0) is 25.0 Å². The van der Waals surface area contributed by atoms with Gasteiger partial charge in [0.15, 0.2) is 0 Å². The molecule has 4 nitrogen and oxygen atoms in total.